The third-order valence-corrected chi connectivity index (χ3v) is 5.05. The van der Waals surface area contributed by atoms with Gasteiger partial charge in [0.2, 0.25) is 0 Å². The molecule has 0 saturated carbocycles. The van der Waals surface area contributed by atoms with Crippen LogP contribution in [0, 0.1) is 6.92 Å². The Labute approximate surface area is 159 Å². The number of aromatic nitrogens is 2. The molecule has 1 N–H and O–H groups in total. The van der Waals surface area contributed by atoms with Gasteiger partial charge in [0.25, 0.3) is 5.91 Å². The number of pyridine rings is 2. The van der Waals surface area contributed by atoms with Gasteiger partial charge in [-0.15, -0.1) is 0 Å². The van der Waals surface area contributed by atoms with Crippen molar-refractivity contribution in [3.05, 3.63) is 59.8 Å². The van der Waals surface area contributed by atoms with Crippen LogP contribution in [0.25, 0.3) is 22.3 Å². The Morgan fingerprint density at radius 1 is 1.11 bits per heavy atom. The molecule has 3 heterocycles. The minimum Gasteiger partial charge on any atom is -0.351 e. The lowest BCUT2D eigenvalue weighted by atomic mass is 10.0. The molecule has 1 amide bonds. The standard InChI is InChI=1S/C22H24N4O/c1-16-7-8-19-17(14-16)18(15-21(25-19)20-6-2-3-9-23-20)22(27)24-10-13-26-11-4-5-12-26/h2-3,6-9,14-15H,4-5,10-13H2,1H3,(H,24,27). The lowest BCUT2D eigenvalue weighted by molar-refractivity contribution is 0.0951. The first kappa shape index (κ1) is 17.6. The number of aryl methyl sites for hydroxylation is 1. The molecule has 2 aromatic heterocycles. The highest BCUT2D eigenvalue weighted by Crippen LogP contribution is 2.24. The smallest absolute Gasteiger partial charge is 0.252 e. The topological polar surface area (TPSA) is 58.1 Å². The van der Waals surface area contributed by atoms with Gasteiger partial charge in [-0.3, -0.25) is 9.78 Å². The van der Waals surface area contributed by atoms with Crippen molar-refractivity contribution in [3.8, 4) is 11.4 Å². The third-order valence-electron chi connectivity index (χ3n) is 5.05. The van der Waals surface area contributed by atoms with E-state index in [4.69, 9.17) is 4.98 Å². The zero-order valence-electron chi connectivity index (χ0n) is 15.6. The maximum atomic E-state index is 12.9. The van der Waals surface area contributed by atoms with E-state index in [-0.39, 0.29) is 5.91 Å². The zero-order chi connectivity index (χ0) is 18.6. The number of fused-ring (bicyclic) bond motifs is 1. The number of benzene rings is 1. The number of nitrogens with zero attached hydrogens (tertiary/aromatic N) is 3. The van der Waals surface area contributed by atoms with Crippen molar-refractivity contribution in [1.29, 1.82) is 0 Å². The number of hydrogen-bond acceptors (Lipinski definition) is 4. The van der Waals surface area contributed by atoms with Gasteiger partial charge in [-0.2, -0.15) is 0 Å². The van der Waals surface area contributed by atoms with Crippen LogP contribution in [-0.4, -0.2) is 47.0 Å². The minimum atomic E-state index is -0.0515. The maximum absolute atomic E-state index is 12.9. The third kappa shape index (κ3) is 3.98. The van der Waals surface area contributed by atoms with Crippen molar-refractivity contribution in [1.82, 2.24) is 20.2 Å². The lowest BCUT2D eigenvalue weighted by Gasteiger charge is -2.15. The first-order valence-corrected chi connectivity index (χ1v) is 9.54. The SMILES string of the molecule is Cc1ccc2nc(-c3ccccn3)cc(C(=O)NCCN3CCCC3)c2c1. The molecule has 4 rings (SSSR count). The average molecular weight is 360 g/mol. The van der Waals surface area contributed by atoms with Gasteiger partial charge < -0.3 is 10.2 Å². The zero-order valence-corrected chi connectivity index (χ0v) is 15.6. The molecular formula is C22H24N4O. The Bertz CT molecular complexity index is 949. The normalized spacial score (nSPS) is 14.6. The molecule has 1 saturated heterocycles. The van der Waals surface area contributed by atoms with E-state index >= 15 is 0 Å². The van der Waals surface area contributed by atoms with Gasteiger partial charge in [0, 0.05) is 24.7 Å². The van der Waals surface area contributed by atoms with Gasteiger partial charge in [0.05, 0.1) is 22.5 Å². The summed E-state index contributed by atoms with van der Waals surface area (Å²) in [4.78, 5) is 24.5. The largest absolute Gasteiger partial charge is 0.351 e. The number of likely N-dealkylation sites (tertiary alicyclic amines) is 1. The minimum absolute atomic E-state index is 0.0515. The summed E-state index contributed by atoms with van der Waals surface area (Å²) in [5.41, 5.74) is 4.07. The summed E-state index contributed by atoms with van der Waals surface area (Å²) in [6.45, 7) is 5.86. The highest BCUT2D eigenvalue weighted by molar-refractivity contribution is 6.07. The summed E-state index contributed by atoms with van der Waals surface area (Å²) >= 11 is 0. The molecule has 0 spiro atoms. The van der Waals surface area contributed by atoms with Gasteiger partial charge in [0.1, 0.15) is 0 Å². The Balaban J connectivity index is 1.64. The van der Waals surface area contributed by atoms with Crippen LogP contribution < -0.4 is 5.32 Å². The van der Waals surface area contributed by atoms with Crippen LogP contribution in [0.4, 0.5) is 0 Å². The molecular weight excluding hydrogens is 336 g/mol. The van der Waals surface area contributed by atoms with Crippen LogP contribution >= 0.6 is 0 Å². The van der Waals surface area contributed by atoms with Gasteiger partial charge in [-0.05, 0) is 63.2 Å². The van der Waals surface area contributed by atoms with Crippen LogP contribution in [0.3, 0.4) is 0 Å². The Hall–Kier alpha value is -2.79. The van der Waals surface area contributed by atoms with Gasteiger partial charge in [0.15, 0.2) is 0 Å². The molecule has 1 aliphatic heterocycles. The van der Waals surface area contributed by atoms with Crippen molar-refractivity contribution in [2.45, 2.75) is 19.8 Å². The molecule has 0 radical (unpaired) electrons. The summed E-state index contributed by atoms with van der Waals surface area (Å²) < 4.78 is 0. The van der Waals surface area contributed by atoms with Crippen molar-refractivity contribution >= 4 is 16.8 Å². The number of amides is 1. The Morgan fingerprint density at radius 3 is 2.74 bits per heavy atom. The highest BCUT2D eigenvalue weighted by Gasteiger charge is 2.16. The van der Waals surface area contributed by atoms with Crippen LogP contribution in [0.2, 0.25) is 0 Å². The summed E-state index contributed by atoms with van der Waals surface area (Å²) in [5, 5.41) is 3.97. The summed E-state index contributed by atoms with van der Waals surface area (Å²) in [7, 11) is 0. The first-order valence-electron chi connectivity index (χ1n) is 9.54. The van der Waals surface area contributed by atoms with Gasteiger partial charge in [-0.25, -0.2) is 4.98 Å². The fourth-order valence-electron chi connectivity index (χ4n) is 3.60. The molecule has 5 nitrogen and oxygen atoms in total. The monoisotopic (exact) mass is 360 g/mol. The molecule has 0 aliphatic carbocycles. The fraction of sp³-hybridized carbons (Fsp3) is 0.318. The first-order chi connectivity index (χ1) is 13.2. The molecule has 1 fully saturated rings. The number of carbonyl (C=O) groups excluding carboxylic acids is 1. The molecule has 3 aromatic rings. The Morgan fingerprint density at radius 2 is 1.96 bits per heavy atom. The molecule has 5 heteroatoms. The van der Waals surface area contributed by atoms with Crippen LogP contribution in [-0.2, 0) is 0 Å². The van der Waals surface area contributed by atoms with E-state index in [2.05, 4.69) is 15.2 Å². The summed E-state index contributed by atoms with van der Waals surface area (Å²) in [6.07, 6.45) is 4.26. The second kappa shape index (κ2) is 7.84. The number of nitrogens with one attached hydrogen (secondary N) is 1. The van der Waals surface area contributed by atoms with Crippen LogP contribution in [0.5, 0.6) is 0 Å². The predicted octanol–water partition coefficient (Wildman–Crippen LogP) is 3.43. The predicted molar refractivity (Wildman–Crippen MR) is 108 cm³/mol. The summed E-state index contributed by atoms with van der Waals surface area (Å²) in [6, 6.07) is 13.6. The number of hydrogen-bond donors (Lipinski definition) is 1. The van der Waals surface area contributed by atoms with Crippen LogP contribution in [0.1, 0.15) is 28.8 Å². The molecule has 0 bridgehead atoms. The maximum Gasteiger partial charge on any atom is 0.252 e. The van der Waals surface area contributed by atoms with Crippen molar-refractivity contribution < 1.29 is 4.79 Å². The second-order valence-corrected chi connectivity index (χ2v) is 7.10. The molecule has 1 aliphatic rings. The number of carbonyl (C=O) groups is 1. The fourth-order valence-corrected chi connectivity index (χ4v) is 3.60. The van der Waals surface area contributed by atoms with E-state index in [1.54, 1.807) is 6.20 Å². The molecule has 0 atom stereocenters. The van der Waals surface area contributed by atoms with Gasteiger partial charge >= 0.3 is 0 Å². The number of rotatable bonds is 5. The second-order valence-electron chi connectivity index (χ2n) is 7.10. The lowest BCUT2D eigenvalue weighted by Crippen LogP contribution is -2.33. The van der Waals surface area contributed by atoms with E-state index in [0.29, 0.717) is 12.1 Å². The van der Waals surface area contributed by atoms with E-state index < -0.39 is 0 Å². The van der Waals surface area contributed by atoms with Crippen molar-refractivity contribution in [2.24, 2.45) is 0 Å². The van der Waals surface area contributed by atoms with E-state index in [0.717, 1.165) is 47.5 Å². The molecule has 138 valence electrons. The van der Waals surface area contributed by atoms with E-state index in [1.807, 2.05) is 49.4 Å². The van der Waals surface area contributed by atoms with E-state index in [1.165, 1.54) is 12.8 Å². The van der Waals surface area contributed by atoms with E-state index in [9.17, 15) is 4.79 Å². The van der Waals surface area contributed by atoms with Crippen molar-refractivity contribution in [2.75, 3.05) is 26.2 Å². The highest BCUT2D eigenvalue weighted by atomic mass is 16.1. The molecule has 0 unspecified atom stereocenters. The molecule has 1 aromatic carbocycles. The van der Waals surface area contributed by atoms with Gasteiger partial charge in [-0.1, -0.05) is 17.7 Å². The summed E-state index contributed by atoms with van der Waals surface area (Å²) in [5.74, 6) is -0.0515. The van der Waals surface area contributed by atoms with Crippen LogP contribution in [0.15, 0.2) is 48.7 Å². The quantitative estimate of drug-likeness (QED) is 0.757. The average Bonchev–Trinajstić information content (AvgIpc) is 3.21. The Kier molecular flexibility index (Phi) is 5.12. The molecule has 27 heavy (non-hydrogen) atoms. The van der Waals surface area contributed by atoms with Crippen molar-refractivity contribution in [3.63, 3.8) is 0 Å².